The zero-order valence-corrected chi connectivity index (χ0v) is 29.8. The third-order valence-corrected chi connectivity index (χ3v) is 10.2. The monoisotopic (exact) mass is 703 g/mol. The van der Waals surface area contributed by atoms with Gasteiger partial charge in [0.1, 0.15) is 11.2 Å². The molecule has 4 nitrogen and oxygen atoms in total. The minimum absolute atomic E-state index is 0.573. The number of aromatic nitrogens is 3. The Bertz CT molecular complexity index is 2820. The van der Waals surface area contributed by atoms with Crippen LogP contribution in [0.1, 0.15) is 0 Å². The van der Waals surface area contributed by atoms with Gasteiger partial charge in [-0.15, -0.1) is 0 Å². The van der Waals surface area contributed by atoms with E-state index in [-0.39, 0.29) is 0 Å². The average molecular weight is 704 g/mol. The van der Waals surface area contributed by atoms with E-state index in [1.807, 2.05) is 30.3 Å². The molecule has 0 aliphatic carbocycles. The van der Waals surface area contributed by atoms with Gasteiger partial charge in [-0.05, 0) is 62.7 Å². The van der Waals surface area contributed by atoms with Gasteiger partial charge in [0, 0.05) is 27.5 Å². The standard InChI is InChI=1S/C51H33N3O/c1-4-12-34(13-5-1)37-20-26-40(27-21-37)44-32-45-43-18-10-11-19-47(43)55-48(45)33-46(44)51-53-49(41-28-22-38(23-29-41)35-14-6-2-7-15-35)52-50(54-51)42-30-24-39(25-31-42)36-16-8-3-9-17-36/h1-33H. The molecule has 0 unspecified atom stereocenters. The Morgan fingerprint density at radius 2 is 0.636 bits per heavy atom. The molecule has 2 heterocycles. The number of para-hydroxylation sites is 1. The molecule has 0 radical (unpaired) electrons. The second-order valence-electron chi connectivity index (χ2n) is 13.6. The van der Waals surface area contributed by atoms with Crippen LogP contribution in [0.4, 0.5) is 0 Å². The van der Waals surface area contributed by atoms with Crippen LogP contribution in [0.15, 0.2) is 205 Å². The first kappa shape index (κ1) is 32.2. The number of rotatable bonds is 7. The van der Waals surface area contributed by atoms with Crippen LogP contribution in [-0.2, 0) is 0 Å². The van der Waals surface area contributed by atoms with Crippen LogP contribution < -0.4 is 0 Å². The molecule has 0 spiro atoms. The van der Waals surface area contributed by atoms with Crippen LogP contribution in [0.2, 0.25) is 0 Å². The molecule has 0 amide bonds. The highest BCUT2D eigenvalue weighted by atomic mass is 16.3. The summed E-state index contributed by atoms with van der Waals surface area (Å²) in [6.45, 7) is 0. The van der Waals surface area contributed by atoms with Gasteiger partial charge in [-0.25, -0.2) is 15.0 Å². The lowest BCUT2D eigenvalue weighted by Crippen LogP contribution is -2.01. The largest absolute Gasteiger partial charge is 0.456 e. The van der Waals surface area contributed by atoms with Crippen molar-refractivity contribution < 1.29 is 4.42 Å². The van der Waals surface area contributed by atoms with E-state index in [0.29, 0.717) is 17.5 Å². The molecule has 4 heteroatoms. The maximum absolute atomic E-state index is 6.45. The third-order valence-electron chi connectivity index (χ3n) is 10.2. The summed E-state index contributed by atoms with van der Waals surface area (Å²) in [6, 6.07) is 69.3. The molecule has 2 aromatic heterocycles. The maximum Gasteiger partial charge on any atom is 0.164 e. The summed E-state index contributed by atoms with van der Waals surface area (Å²) in [6.07, 6.45) is 0. The molecule has 0 aliphatic heterocycles. The normalized spacial score (nSPS) is 11.3. The second kappa shape index (κ2) is 13.8. The Morgan fingerprint density at radius 3 is 1.13 bits per heavy atom. The SMILES string of the molecule is c1ccc(-c2ccc(-c3nc(-c4ccc(-c5ccccc5)cc4)nc(-c4cc5oc6ccccc6c5cc4-c4ccc(-c5ccccc5)cc4)n3)cc2)cc1. The molecule has 0 aliphatic rings. The first-order chi connectivity index (χ1) is 27.2. The average Bonchev–Trinajstić information content (AvgIpc) is 3.64. The van der Waals surface area contributed by atoms with Gasteiger partial charge in [0.25, 0.3) is 0 Å². The van der Waals surface area contributed by atoms with Crippen molar-refractivity contribution in [1.29, 1.82) is 0 Å². The van der Waals surface area contributed by atoms with E-state index in [0.717, 1.165) is 77.6 Å². The van der Waals surface area contributed by atoms with Crippen LogP contribution in [0.25, 0.3) is 101 Å². The van der Waals surface area contributed by atoms with Gasteiger partial charge < -0.3 is 4.42 Å². The number of benzene rings is 8. The van der Waals surface area contributed by atoms with Gasteiger partial charge in [0.2, 0.25) is 0 Å². The van der Waals surface area contributed by atoms with Gasteiger partial charge in [0.15, 0.2) is 17.5 Å². The molecule has 10 rings (SSSR count). The number of hydrogen-bond acceptors (Lipinski definition) is 4. The topological polar surface area (TPSA) is 51.8 Å². The van der Waals surface area contributed by atoms with Crippen LogP contribution in [0, 0.1) is 0 Å². The summed E-state index contributed by atoms with van der Waals surface area (Å²) in [7, 11) is 0. The van der Waals surface area contributed by atoms with Crippen molar-refractivity contribution in [2.45, 2.75) is 0 Å². The van der Waals surface area contributed by atoms with Crippen molar-refractivity contribution in [2.24, 2.45) is 0 Å². The lowest BCUT2D eigenvalue weighted by molar-refractivity contribution is 0.669. The fraction of sp³-hybridized carbons (Fsp3) is 0. The molecule has 10 aromatic rings. The Morgan fingerprint density at radius 1 is 0.255 bits per heavy atom. The smallest absolute Gasteiger partial charge is 0.164 e. The van der Waals surface area contributed by atoms with E-state index >= 15 is 0 Å². The maximum atomic E-state index is 6.45. The summed E-state index contributed by atoms with van der Waals surface area (Å²) in [5.41, 5.74) is 13.3. The Balaban J connectivity index is 1.16. The van der Waals surface area contributed by atoms with Crippen LogP contribution in [0.5, 0.6) is 0 Å². The van der Waals surface area contributed by atoms with E-state index in [4.69, 9.17) is 19.4 Å². The summed E-state index contributed by atoms with van der Waals surface area (Å²) < 4.78 is 6.45. The summed E-state index contributed by atoms with van der Waals surface area (Å²) >= 11 is 0. The summed E-state index contributed by atoms with van der Waals surface area (Å²) in [4.78, 5) is 15.5. The summed E-state index contributed by atoms with van der Waals surface area (Å²) in [5, 5.41) is 2.12. The number of fused-ring (bicyclic) bond motifs is 3. The lowest BCUT2D eigenvalue weighted by atomic mass is 9.94. The highest BCUT2D eigenvalue weighted by Crippen LogP contribution is 2.40. The van der Waals surface area contributed by atoms with E-state index in [1.165, 1.54) is 5.56 Å². The molecule has 0 atom stereocenters. The second-order valence-corrected chi connectivity index (χ2v) is 13.6. The fourth-order valence-corrected chi connectivity index (χ4v) is 7.31. The Kier molecular flexibility index (Phi) is 8.12. The minimum Gasteiger partial charge on any atom is -0.456 e. The number of hydrogen-bond donors (Lipinski definition) is 0. The van der Waals surface area contributed by atoms with Gasteiger partial charge in [-0.1, -0.05) is 182 Å². The van der Waals surface area contributed by atoms with Crippen molar-refractivity contribution >= 4 is 21.9 Å². The van der Waals surface area contributed by atoms with Crippen LogP contribution in [0.3, 0.4) is 0 Å². The predicted octanol–water partition coefficient (Wildman–Crippen LogP) is 13.4. The van der Waals surface area contributed by atoms with Crippen LogP contribution >= 0.6 is 0 Å². The molecule has 0 saturated carbocycles. The van der Waals surface area contributed by atoms with Crippen molar-refractivity contribution in [2.75, 3.05) is 0 Å². The first-order valence-corrected chi connectivity index (χ1v) is 18.4. The van der Waals surface area contributed by atoms with Crippen LogP contribution in [-0.4, -0.2) is 15.0 Å². The molecular formula is C51H33N3O. The molecule has 258 valence electrons. The predicted molar refractivity (Wildman–Crippen MR) is 225 cm³/mol. The van der Waals surface area contributed by atoms with Crippen molar-refractivity contribution in [3.05, 3.63) is 200 Å². The summed E-state index contributed by atoms with van der Waals surface area (Å²) in [5.74, 6) is 1.77. The Hall–Kier alpha value is -7.43. The lowest BCUT2D eigenvalue weighted by Gasteiger charge is -2.13. The first-order valence-electron chi connectivity index (χ1n) is 18.4. The molecule has 0 bridgehead atoms. The highest BCUT2D eigenvalue weighted by molar-refractivity contribution is 6.08. The highest BCUT2D eigenvalue weighted by Gasteiger charge is 2.20. The zero-order valence-electron chi connectivity index (χ0n) is 29.8. The fourth-order valence-electron chi connectivity index (χ4n) is 7.31. The molecule has 8 aromatic carbocycles. The quantitative estimate of drug-likeness (QED) is 0.166. The van der Waals surface area contributed by atoms with Gasteiger partial charge in [-0.2, -0.15) is 0 Å². The van der Waals surface area contributed by atoms with Gasteiger partial charge >= 0.3 is 0 Å². The van der Waals surface area contributed by atoms with E-state index < -0.39 is 0 Å². The third kappa shape index (κ3) is 6.26. The van der Waals surface area contributed by atoms with Crippen molar-refractivity contribution in [3.8, 4) is 78.7 Å². The van der Waals surface area contributed by atoms with E-state index in [1.54, 1.807) is 0 Å². The molecular weight excluding hydrogens is 671 g/mol. The molecule has 0 saturated heterocycles. The minimum atomic E-state index is 0.573. The van der Waals surface area contributed by atoms with Crippen molar-refractivity contribution in [3.63, 3.8) is 0 Å². The van der Waals surface area contributed by atoms with Crippen molar-refractivity contribution in [1.82, 2.24) is 15.0 Å². The number of furan rings is 1. The van der Waals surface area contributed by atoms with E-state index in [9.17, 15) is 0 Å². The molecule has 0 N–H and O–H groups in total. The molecule has 0 fully saturated rings. The van der Waals surface area contributed by atoms with Gasteiger partial charge in [-0.3, -0.25) is 0 Å². The number of nitrogens with zero attached hydrogens (tertiary/aromatic N) is 3. The Labute approximate surface area is 319 Å². The van der Waals surface area contributed by atoms with E-state index in [2.05, 4.69) is 170 Å². The van der Waals surface area contributed by atoms with Gasteiger partial charge in [0.05, 0.1) is 0 Å². The zero-order chi connectivity index (χ0) is 36.6. The molecule has 55 heavy (non-hydrogen) atoms.